The number of likely N-dealkylation sites (tertiary alicyclic amines) is 1. The molecule has 11 heteroatoms. The van der Waals surface area contributed by atoms with Gasteiger partial charge in [-0.25, -0.2) is 13.2 Å². The number of anilines is 1. The van der Waals surface area contributed by atoms with Crippen molar-refractivity contribution in [2.45, 2.75) is 36.8 Å². The summed E-state index contributed by atoms with van der Waals surface area (Å²) in [6.07, 6.45) is 1.13. The van der Waals surface area contributed by atoms with Crippen LogP contribution >= 0.6 is 0 Å². The molecule has 1 N–H and O–H groups in total. The number of halogens is 3. The third-order valence-corrected chi connectivity index (χ3v) is 8.66. The minimum absolute atomic E-state index is 0.288. The number of piperazine rings is 1. The lowest BCUT2D eigenvalue weighted by atomic mass is 9.96. The zero-order chi connectivity index (χ0) is 28.0. The Labute approximate surface area is 228 Å². The summed E-state index contributed by atoms with van der Waals surface area (Å²) in [5.41, 5.74) is 0.761. The Hall–Kier alpha value is -2.63. The zero-order valence-corrected chi connectivity index (χ0v) is 23.1. The molecule has 2 aromatic rings. The fourth-order valence-corrected chi connectivity index (χ4v) is 5.99. The van der Waals surface area contributed by atoms with E-state index >= 15 is 0 Å². The van der Waals surface area contributed by atoms with Crippen LogP contribution in [0.3, 0.4) is 0 Å². The first-order valence-corrected chi connectivity index (χ1v) is 15.3. The maximum absolute atomic E-state index is 12.7. The van der Waals surface area contributed by atoms with Crippen LogP contribution in [-0.2, 0) is 22.4 Å². The Morgan fingerprint density at radius 3 is 2.23 bits per heavy atom. The second-order valence-electron chi connectivity index (χ2n) is 10.6. The Bertz CT molecular complexity index is 1200. The van der Waals surface area contributed by atoms with Gasteiger partial charge in [-0.3, -0.25) is 4.90 Å². The minimum atomic E-state index is -4.40. The zero-order valence-electron chi connectivity index (χ0n) is 22.3. The third kappa shape index (κ3) is 8.68. The highest BCUT2D eigenvalue weighted by atomic mass is 32.2. The number of hydrogen-bond donors (Lipinski definition) is 1. The van der Waals surface area contributed by atoms with Gasteiger partial charge in [-0.1, -0.05) is 12.1 Å². The minimum Gasteiger partial charge on any atom is -0.322 e. The molecule has 2 saturated heterocycles. The van der Waals surface area contributed by atoms with Crippen LogP contribution in [-0.4, -0.2) is 87.8 Å². The van der Waals surface area contributed by atoms with Crippen molar-refractivity contribution in [3.8, 4) is 0 Å². The van der Waals surface area contributed by atoms with Crippen molar-refractivity contribution in [2.75, 3.05) is 63.9 Å². The molecule has 2 aliphatic heterocycles. The van der Waals surface area contributed by atoms with Crippen molar-refractivity contribution in [1.82, 2.24) is 14.7 Å². The fraction of sp³-hybridized carbons (Fsp3) is 0.536. The molecule has 7 nitrogen and oxygen atoms in total. The molecule has 0 aliphatic carbocycles. The Morgan fingerprint density at radius 1 is 0.949 bits per heavy atom. The van der Waals surface area contributed by atoms with E-state index in [9.17, 15) is 26.4 Å². The summed E-state index contributed by atoms with van der Waals surface area (Å²) in [5.74, 6) is 0.584. The van der Waals surface area contributed by atoms with Crippen molar-refractivity contribution < 1.29 is 26.4 Å². The smallest absolute Gasteiger partial charge is 0.322 e. The second kappa shape index (κ2) is 12.7. The van der Waals surface area contributed by atoms with E-state index in [0.29, 0.717) is 29.6 Å². The molecule has 0 radical (unpaired) electrons. The lowest BCUT2D eigenvalue weighted by Crippen LogP contribution is -2.52. The van der Waals surface area contributed by atoms with Crippen LogP contribution in [0, 0.1) is 5.92 Å². The number of sulfone groups is 1. The fourth-order valence-electron chi connectivity index (χ4n) is 5.36. The van der Waals surface area contributed by atoms with Gasteiger partial charge in [0.25, 0.3) is 0 Å². The van der Waals surface area contributed by atoms with E-state index in [0.717, 1.165) is 69.8 Å². The summed E-state index contributed by atoms with van der Waals surface area (Å²) < 4.78 is 61.5. The van der Waals surface area contributed by atoms with Crippen LogP contribution in [0.2, 0.25) is 0 Å². The summed E-state index contributed by atoms with van der Waals surface area (Å²) in [5, 5.41) is 2.70. The van der Waals surface area contributed by atoms with E-state index in [1.54, 1.807) is 17.0 Å². The molecule has 2 amide bonds. The average Bonchev–Trinajstić information content (AvgIpc) is 2.89. The van der Waals surface area contributed by atoms with Gasteiger partial charge in [0, 0.05) is 51.2 Å². The van der Waals surface area contributed by atoms with Gasteiger partial charge >= 0.3 is 12.2 Å². The molecule has 0 saturated carbocycles. The highest BCUT2D eigenvalue weighted by molar-refractivity contribution is 7.90. The van der Waals surface area contributed by atoms with Gasteiger partial charge in [0.05, 0.1) is 10.5 Å². The number of alkyl halides is 3. The van der Waals surface area contributed by atoms with Crippen molar-refractivity contribution in [1.29, 1.82) is 0 Å². The van der Waals surface area contributed by atoms with Gasteiger partial charge in [0.2, 0.25) is 0 Å². The standard InChI is InChI=1S/C28H37F3N4O3S/c1-39(37,38)26-12-6-22(7-13-26)4-2-14-33-15-3-5-23(20-33)21-34-16-18-35(19-17-34)27(36)32-25-10-8-24(9-11-25)28(29,30)31/h6-13,23H,2-5,14-21H2,1H3,(H,32,36)/t23-/m1/s1. The third-order valence-electron chi connectivity index (χ3n) is 7.53. The van der Waals surface area contributed by atoms with E-state index in [4.69, 9.17) is 0 Å². The lowest BCUT2D eigenvalue weighted by molar-refractivity contribution is -0.137. The van der Waals surface area contributed by atoms with Crippen molar-refractivity contribution in [2.24, 2.45) is 5.92 Å². The van der Waals surface area contributed by atoms with Crippen LogP contribution in [0.5, 0.6) is 0 Å². The van der Waals surface area contributed by atoms with Gasteiger partial charge in [0.1, 0.15) is 0 Å². The Morgan fingerprint density at radius 2 is 1.62 bits per heavy atom. The highest BCUT2D eigenvalue weighted by Crippen LogP contribution is 2.30. The molecule has 4 rings (SSSR count). The Kier molecular flexibility index (Phi) is 9.56. The number of rotatable bonds is 8. The molecule has 0 aromatic heterocycles. The summed E-state index contributed by atoms with van der Waals surface area (Å²) in [6.45, 7) is 6.89. The normalized spacial score (nSPS) is 19.7. The van der Waals surface area contributed by atoms with E-state index in [1.165, 1.54) is 31.2 Å². The van der Waals surface area contributed by atoms with E-state index in [-0.39, 0.29) is 6.03 Å². The van der Waals surface area contributed by atoms with Crippen LogP contribution in [0.1, 0.15) is 30.4 Å². The van der Waals surface area contributed by atoms with Gasteiger partial charge < -0.3 is 15.1 Å². The van der Waals surface area contributed by atoms with Crippen LogP contribution < -0.4 is 5.32 Å². The summed E-state index contributed by atoms with van der Waals surface area (Å²) in [6, 6.07) is 11.4. The molecule has 0 spiro atoms. The second-order valence-corrected chi connectivity index (χ2v) is 12.6. The monoisotopic (exact) mass is 566 g/mol. The quantitative estimate of drug-likeness (QED) is 0.506. The number of amides is 2. The summed E-state index contributed by atoms with van der Waals surface area (Å²) >= 11 is 0. The predicted molar refractivity (Wildman–Crippen MR) is 146 cm³/mol. The number of hydrogen-bond acceptors (Lipinski definition) is 5. The molecular weight excluding hydrogens is 529 g/mol. The number of nitrogens with one attached hydrogen (secondary N) is 1. The van der Waals surface area contributed by atoms with E-state index in [1.807, 2.05) is 12.1 Å². The molecule has 2 aromatic carbocycles. The van der Waals surface area contributed by atoms with Gasteiger partial charge in [-0.15, -0.1) is 0 Å². The number of aryl methyl sites for hydroxylation is 1. The topological polar surface area (TPSA) is 73.0 Å². The van der Waals surface area contributed by atoms with Crippen molar-refractivity contribution >= 4 is 21.6 Å². The first kappa shape index (κ1) is 29.4. The molecule has 0 bridgehead atoms. The van der Waals surface area contributed by atoms with Gasteiger partial charge in [-0.05, 0) is 86.7 Å². The maximum Gasteiger partial charge on any atom is 0.416 e. The Balaban J connectivity index is 1.15. The van der Waals surface area contributed by atoms with E-state index in [2.05, 4.69) is 15.1 Å². The first-order chi connectivity index (χ1) is 18.5. The molecule has 2 fully saturated rings. The predicted octanol–water partition coefficient (Wildman–Crippen LogP) is 4.60. The average molecular weight is 567 g/mol. The largest absolute Gasteiger partial charge is 0.416 e. The van der Waals surface area contributed by atoms with Crippen LogP contribution in [0.25, 0.3) is 0 Å². The number of piperidine rings is 1. The molecule has 0 unspecified atom stereocenters. The van der Waals surface area contributed by atoms with Gasteiger partial charge in [-0.2, -0.15) is 13.2 Å². The summed E-state index contributed by atoms with van der Waals surface area (Å²) in [7, 11) is -3.17. The number of carbonyl (C=O) groups excluding carboxylic acids is 1. The molecule has 39 heavy (non-hydrogen) atoms. The number of urea groups is 1. The SMILES string of the molecule is CS(=O)(=O)c1ccc(CCCN2CCC[C@@H](CN3CCN(C(=O)Nc4ccc(C(F)(F)F)cc4)CC3)C2)cc1. The maximum atomic E-state index is 12.7. The lowest BCUT2D eigenvalue weighted by Gasteiger charge is -2.39. The molecule has 2 heterocycles. The van der Waals surface area contributed by atoms with Crippen LogP contribution in [0.15, 0.2) is 53.4 Å². The summed E-state index contributed by atoms with van der Waals surface area (Å²) in [4.78, 5) is 19.6. The first-order valence-electron chi connectivity index (χ1n) is 13.4. The van der Waals surface area contributed by atoms with Crippen molar-refractivity contribution in [3.05, 3.63) is 59.7 Å². The number of benzene rings is 2. The molecular formula is C28H37F3N4O3S. The number of nitrogens with zero attached hydrogens (tertiary/aromatic N) is 3. The van der Waals surface area contributed by atoms with Gasteiger partial charge in [0.15, 0.2) is 9.84 Å². The molecule has 214 valence electrons. The van der Waals surface area contributed by atoms with E-state index < -0.39 is 21.6 Å². The molecule has 2 aliphatic rings. The number of carbonyl (C=O) groups is 1. The molecule has 1 atom stereocenters. The van der Waals surface area contributed by atoms with Crippen LogP contribution in [0.4, 0.5) is 23.7 Å². The highest BCUT2D eigenvalue weighted by Gasteiger charge is 2.30. The van der Waals surface area contributed by atoms with Crippen molar-refractivity contribution in [3.63, 3.8) is 0 Å².